The van der Waals surface area contributed by atoms with Gasteiger partial charge < -0.3 is 10.6 Å². The van der Waals surface area contributed by atoms with Gasteiger partial charge in [0, 0.05) is 42.9 Å². The smallest absolute Gasteiger partial charge is 0.227 e. The first kappa shape index (κ1) is 18.3. The summed E-state index contributed by atoms with van der Waals surface area (Å²) in [6.45, 7) is 2.85. The first-order chi connectivity index (χ1) is 14.2. The highest BCUT2D eigenvalue weighted by Crippen LogP contribution is 2.37. The minimum atomic E-state index is 0.336. The van der Waals surface area contributed by atoms with Crippen molar-refractivity contribution >= 4 is 39.3 Å². The second kappa shape index (κ2) is 7.57. The number of fused-ring (bicyclic) bond motifs is 3. The van der Waals surface area contributed by atoms with Crippen LogP contribution in [0.5, 0.6) is 0 Å². The van der Waals surface area contributed by atoms with Gasteiger partial charge in [-0.3, -0.25) is 10.00 Å². The van der Waals surface area contributed by atoms with Crippen molar-refractivity contribution in [3.8, 4) is 6.07 Å². The summed E-state index contributed by atoms with van der Waals surface area (Å²) in [4.78, 5) is 16.3. The van der Waals surface area contributed by atoms with Gasteiger partial charge >= 0.3 is 0 Å². The number of thiazole rings is 1. The summed E-state index contributed by atoms with van der Waals surface area (Å²) in [5.74, 6) is 2.06. The average Bonchev–Trinajstić information content (AvgIpc) is 3.39. The van der Waals surface area contributed by atoms with Gasteiger partial charge in [0.25, 0.3) is 0 Å². The van der Waals surface area contributed by atoms with Gasteiger partial charge in [-0.1, -0.05) is 0 Å². The zero-order chi connectivity index (χ0) is 19.8. The number of anilines is 3. The molecule has 10 heteroatoms. The van der Waals surface area contributed by atoms with Crippen molar-refractivity contribution in [3.05, 3.63) is 17.3 Å². The molecule has 0 saturated carbocycles. The van der Waals surface area contributed by atoms with Gasteiger partial charge in [-0.25, -0.2) is 4.98 Å². The normalized spacial score (nSPS) is 23.9. The maximum atomic E-state index is 8.92. The van der Waals surface area contributed by atoms with E-state index in [1.54, 1.807) is 5.51 Å². The first-order valence-corrected chi connectivity index (χ1v) is 10.9. The SMILES string of the molecule is Cc1cc(Nc2nc(NC3C[C@H]4CC[C@@H](C3)N4CCC#N)nc3ncsc23)n[nH]1. The van der Waals surface area contributed by atoms with Crippen molar-refractivity contribution in [2.75, 3.05) is 17.2 Å². The Morgan fingerprint density at radius 3 is 2.86 bits per heavy atom. The third-order valence-corrected chi connectivity index (χ3v) is 6.67. The number of aryl methyl sites for hydroxylation is 1. The maximum Gasteiger partial charge on any atom is 0.227 e. The highest BCUT2D eigenvalue weighted by molar-refractivity contribution is 7.17. The third-order valence-electron chi connectivity index (χ3n) is 5.84. The molecule has 3 N–H and O–H groups in total. The highest BCUT2D eigenvalue weighted by atomic mass is 32.1. The Morgan fingerprint density at radius 1 is 1.31 bits per heavy atom. The fourth-order valence-electron chi connectivity index (χ4n) is 4.64. The fourth-order valence-corrected chi connectivity index (χ4v) is 5.31. The van der Waals surface area contributed by atoms with Crippen LogP contribution in [0.2, 0.25) is 0 Å². The van der Waals surface area contributed by atoms with Gasteiger partial charge in [0.2, 0.25) is 5.95 Å². The van der Waals surface area contributed by atoms with E-state index in [1.165, 1.54) is 24.2 Å². The Bertz CT molecular complexity index is 1040. The predicted octanol–water partition coefficient (Wildman–Crippen LogP) is 3.18. The van der Waals surface area contributed by atoms with E-state index in [9.17, 15) is 0 Å². The van der Waals surface area contributed by atoms with E-state index in [4.69, 9.17) is 10.2 Å². The Hall–Kier alpha value is -2.77. The minimum Gasteiger partial charge on any atom is -0.351 e. The Kier molecular flexibility index (Phi) is 4.77. The van der Waals surface area contributed by atoms with Crippen LogP contribution in [-0.4, -0.2) is 54.7 Å². The van der Waals surface area contributed by atoms with Crippen molar-refractivity contribution in [1.29, 1.82) is 5.26 Å². The second-order valence-electron chi connectivity index (χ2n) is 7.81. The standard InChI is InChI=1S/C19H23N9S/c1-11-7-15(27-26-11)23-18-16-17(21-10-29-16)24-19(25-18)22-12-8-13-3-4-14(9-12)28(13)6-2-5-20/h7,10,12-14H,2-4,6,8-9H2,1H3,(H3,22,23,24,25,26,27)/t12?,13-,14+. The van der Waals surface area contributed by atoms with Crippen LogP contribution in [0, 0.1) is 18.3 Å². The number of piperidine rings is 1. The summed E-state index contributed by atoms with van der Waals surface area (Å²) in [6, 6.07) is 5.65. The molecule has 1 unspecified atom stereocenters. The molecular formula is C19H23N9S. The molecule has 2 aliphatic heterocycles. The van der Waals surface area contributed by atoms with Crippen LogP contribution in [-0.2, 0) is 0 Å². The average molecular weight is 410 g/mol. The van der Waals surface area contributed by atoms with Crippen LogP contribution in [0.15, 0.2) is 11.6 Å². The number of nitrogens with zero attached hydrogens (tertiary/aromatic N) is 6. The Labute approximate surface area is 172 Å². The largest absolute Gasteiger partial charge is 0.351 e. The fraction of sp³-hybridized carbons (Fsp3) is 0.526. The number of aromatic amines is 1. The molecule has 150 valence electrons. The van der Waals surface area contributed by atoms with Crippen LogP contribution in [0.4, 0.5) is 17.6 Å². The molecular weight excluding hydrogens is 386 g/mol. The molecule has 3 aromatic heterocycles. The molecule has 2 bridgehead atoms. The number of aromatic nitrogens is 5. The van der Waals surface area contributed by atoms with Gasteiger partial charge in [0.05, 0.1) is 11.6 Å². The van der Waals surface area contributed by atoms with E-state index in [0.29, 0.717) is 36.1 Å². The molecule has 29 heavy (non-hydrogen) atoms. The molecule has 2 fully saturated rings. The minimum absolute atomic E-state index is 0.336. The molecule has 3 aromatic rings. The molecule has 2 aliphatic rings. The van der Waals surface area contributed by atoms with Crippen LogP contribution < -0.4 is 10.6 Å². The summed E-state index contributed by atoms with van der Waals surface area (Å²) in [7, 11) is 0. The molecule has 2 saturated heterocycles. The van der Waals surface area contributed by atoms with E-state index in [-0.39, 0.29) is 0 Å². The van der Waals surface area contributed by atoms with E-state index in [0.717, 1.165) is 41.4 Å². The quantitative estimate of drug-likeness (QED) is 0.568. The number of nitriles is 1. The monoisotopic (exact) mass is 409 g/mol. The maximum absolute atomic E-state index is 8.92. The molecule has 0 amide bonds. The Morgan fingerprint density at radius 2 is 2.14 bits per heavy atom. The van der Waals surface area contributed by atoms with Crippen LogP contribution in [0.1, 0.15) is 37.8 Å². The molecule has 0 aromatic carbocycles. The number of nitrogens with one attached hydrogen (secondary N) is 3. The third kappa shape index (κ3) is 3.63. The number of hydrogen-bond acceptors (Lipinski definition) is 9. The lowest BCUT2D eigenvalue weighted by molar-refractivity contribution is 0.135. The topological polar surface area (TPSA) is 118 Å². The molecule has 0 radical (unpaired) electrons. The van der Waals surface area contributed by atoms with Gasteiger partial charge in [-0.2, -0.15) is 20.3 Å². The second-order valence-corrected chi connectivity index (χ2v) is 8.66. The van der Waals surface area contributed by atoms with E-state index >= 15 is 0 Å². The van der Waals surface area contributed by atoms with Crippen LogP contribution in [0.3, 0.4) is 0 Å². The molecule has 0 aliphatic carbocycles. The zero-order valence-electron chi connectivity index (χ0n) is 16.2. The molecule has 5 rings (SSSR count). The van der Waals surface area contributed by atoms with Gasteiger partial charge in [-0.05, 0) is 32.6 Å². The van der Waals surface area contributed by atoms with Crippen molar-refractivity contribution < 1.29 is 0 Å². The van der Waals surface area contributed by atoms with Crippen LogP contribution >= 0.6 is 11.3 Å². The van der Waals surface area contributed by atoms with E-state index < -0.39 is 0 Å². The van der Waals surface area contributed by atoms with E-state index in [1.807, 2.05) is 13.0 Å². The molecule has 5 heterocycles. The summed E-state index contributed by atoms with van der Waals surface area (Å²) in [6.07, 6.45) is 5.15. The zero-order valence-corrected chi connectivity index (χ0v) is 17.0. The van der Waals surface area contributed by atoms with Gasteiger partial charge in [-0.15, -0.1) is 11.3 Å². The van der Waals surface area contributed by atoms with E-state index in [2.05, 4.69) is 41.8 Å². The lowest BCUT2D eigenvalue weighted by atomic mass is 9.97. The summed E-state index contributed by atoms with van der Waals surface area (Å²) >= 11 is 1.52. The van der Waals surface area contributed by atoms with Crippen molar-refractivity contribution in [2.45, 2.75) is 57.2 Å². The first-order valence-electron chi connectivity index (χ1n) is 9.99. The Balaban J connectivity index is 1.34. The number of hydrogen-bond donors (Lipinski definition) is 3. The predicted molar refractivity (Wildman–Crippen MR) is 112 cm³/mol. The summed E-state index contributed by atoms with van der Waals surface area (Å²) < 4.78 is 0.919. The van der Waals surface area contributed by atoms with Crippen molar-refractivity contribution in [2.24, 2.45) is 0 Å². The summed E-state index contributed by atoms with van der Waals surface area (Å²) in [5.41, 5.74) is 3.47. The van der Waals surface area contributed by atoms with Gasteiger partial charge in [0.15, 0.2) is 17.3 Å². The lowest BCUT2D eigenvalue weighted by Crippen LogP contribution is -2.47. The van der Waals surface area contributed by atoms with Crippen molar-refractivity contribution in [1.82, 2.24) is 30.0 Å². The highest BCUT2D eigenvalue weighted by Gasteiger charge is 2.40. The van der Waals surface area contributed by atoms with Crippen molar-refractivity contribution in [3.63, 3.8) is 0 Å². The van der Waals surface area contributed by atoms with Gasteiger partial charge in [0.1, 0.15) is 4.70 Å². The molecule has 9 nitrogen and oxygen atoms in total. The number of H-pyrrole nitrogens is 1. The molecule has 0 spiro atoms. The number of rotatable bonds is 6. The molecule has 3 atom stereocenters. The van der Waals surface area contributed by atoms with Crippen LogP contribution in [0.25, 0.3) is 10.3 Å². The summed E-state index contributed by atoms with van der Waals surface area (Å²) in [5, 5.41) is 22.9. The lowest BCUT2D eigenvalue weighted by Gasteiger charge is -2.38.